The number of ether oxygens (including phenoxy) is 1. The Kier molecular flexibility index (Phi) is 7.12. The number of aliphatic hydroxyl groups excluding tert-OH is 2. The number of fused-ring (bicyclic) bond motifs is 1. The van der Waals surface area contributed by atoms with E-state index < -0.39 is 30.1 Å². The predicted molar refractivity (Wildman–Crippen MR) is 115 cm³/mol. The maximum Gasteiger partial charge on any atom is 0.221 e. The highest BCUT2D eigenvalue weighted by atomic mass is 32.2. The van der Waals surface area contributed by atoms with Crippen molar-refractivity contribution in [3.05, 3.63) is 35.6 Å². The van der Waals surface area contributed by atoms with Gasteiger partial charge in [0.25, 0.3) is 0 Å². The number of hydrogen-bond donors (Lipinski definition) is 4. The zero-order valence-electron chi connectivity index (χ0n) is 17.3. The largest absolute Gasteiger partial charge is 0.390 e. The second kappa shape index (κ2) is 9.83. The van der Waals surface area contributed by atoms with E-state index in [1.807, 2.05) is 4.90 Å². The van der Waals surface area contributed by atoms with Gasteiger partial charge in [-0.05, 0) is 24.1 Å². The van der Waals surface area contributed by atoms with E-state index in [0.29, 0.717) is 13.1 Å². The summed E-state index contributed by atoms with van der Waals surface area (Å²) < 4.78 is 18.8. The van der Waals surface area contributed by atoms with Gasteiger partial charge in [0.1, 0.15) is 25.0 Å². The Morgan fingerprint density at radius 3 is 2.68 bits per heavy atom. The minimum atomic E-state index is -1.03. The topological polar surface area (TPSA) is 113 Å². The number of morpholine rings is 1. The highest BCUT2D eigenvalue weighted by Crippen LogP contribution is 2.44. The molecule has 10 heteroatoms. The van der Waals surface area contributed by atoms with Gasteiger partial charge in [0.05, 0.1) is 44.4 Å². The molecule has 2 heterocycles. The standard InChI is InChI=1S/C21H29FN4O4S/c22-14-3-1-13(2-4-14)12-26-17-18(28)16(27)11-15(20(23)29)19(17)31-21(26)24-5-6-25-7-9-30-10-8-25/h1-4,15-19,27-28H,5-12H2,(H2,23,29)/p+1/t15-,16+,17-,18-,19+/m0/s1. The molecule has 5 N–H and O–H groups in total. The van der Waals surface area contributed by atoms with Gasteiger partial charge in [-0.1, -0.05) is 23.9 Å². The molecule has 3 fully saturated rings. The van der Waals surface area contributed by atoms with Gasteiger partial charge in [-0.2, -0.15) is 0 Å². The van der Waals surface area contributed by atoms with Gasteiger partial charge in [0.2, 0.25) is 5.91 Å². The Morgan fingerprint density at radius 1 is 1.29 bits per heavy atom. The molecule has 0 aromatic heterocycles. The summed E-state index contributed by atoms with van der Waals surface area (Å²) in [5, 5.41) is 21.6. The second-order valence-corrected chi connectivity index (χ2v) is 9.55. The van der Waals surface area contributed by atoms with Crippen LogP contribution in [0.2, 0.25) is 0 Å². The first-order valence-electron chi connectivity index (χ1n) is 10.7. The molecular formula is C21H30FN4O4S+. The number of nitrogens with two attached hydrogens (primary N) is 1. The van der Waals surface area contributed by atoms with Gasteiger partial charge < -0.3 is 30.5 Å². The van der Waals surface area contributed by atoms with Crippen LogP contribution in [0.25, 0.3) is 0 Å². The molecular weight excluding hydrogens is 423 g/mol. The SMILES string of the molecule is NC(=O)[C@H]1C[C@@H](O)[C@H](O)[C@H]2[C@@H]1SC(=NCC[NH+]1CCOCC1)N2Cc1ccc(F)cc1. The molecule has 170 valence electrons. The fraction of sp³-hybridized carbons (Fsp3) is 0.619. The summed E-state index contributed by atoms with van der Waals surface area (Å²) in [5.41, 5.74) is 6.49. The van der Waals surface area contributed by atoms with Crippen LogP contribution < -0.4 is 10.6 Å². The van der Waals surface area contributed by atoms with Gasteiger partial charge in [-0.15, -0.1) is 0 Å². The van der Waals surface area contributed by atoms with Crippen molar-refractivity contribution in [3.63, 3.8) is 0 Å². The lowest BCUT2D eigenvalue weighted by Gasteiger charge is -2.41. The molecule has 1 aromatic rings. The smallest absolute Gasteiger partial charge is 0.221 e. The van der Waals surface area contributed by atoms with Crippen molar-refractivity contribution in [2.45, 2.75) is 36.5 Å². The lowest BCUT2D eigenvalue weighted by molar-refractivity contribution is -0.906. The number of hydrogen-bond acceptors (Lipinski definition) is 6. The molecule has 2 saturated heterocycles. The van der Waals surface area contributed by atoms with E-state index in [1.165, 1.54) is 28.8 Å². The van der Waals surface area contributed by atoms with Crippen LogP contribution in [0.4, 0.5) is 4.39 Å². The van der Waals surface area contributed by atoms with Crippen molar-refractivity contribution in [3.8, 4) is 0 Å². The van der Waals surface area contributed by atoms with Gasteiger partial charge in [-0.25, -0.2) is 4.39 Å². The maximum atomic E-state index is 13.4. The molecule has 1 aliphatic carbocycles. The van der Waals surface area contributed by atoms with E-state index in [4.69, 9.17) is 15.5 Å². The summed E-state index contributed by atoms with van der Waals surface area (Å²) in [6, 6.07) is 5.69. The molecule has 1 saturated carbocycles. The molecule has 2 aliphatic heterocycles. The monoisotopic (exact) mass is 453 g/mol. The van der Waals surface area contributed by atoms with Crippen LogP contribution >= 0.6 is 11.8 Å². The summed E-state index contributed by atoms with van der Waals surface area (Å²) in [7, 11) is 0. The number of nitrogens with one attached hydrogen (secondary N) is 1. The van der Waals surface area contributed by atoms with Crippen molar-refractivity contribution >= 4 is 22.8 Å². The average Bonchev–Trinajstić information content (AvgIpc) is 3.11. The lowest BCUT2D eigenvalue weighted by atomic mass is 9.80. The van der Waals surface area contributed by atoms with Crippen LogP contribution in [0.3, 0.4) is 0 Å². The molecule has 31 heavy (non-hydrogen) atoms. The summed E-state index contributed by atoms with van der Waals surface area (Å²) in [5.74, 6) is -1.35. The number of carbonyl (C=O) groups is 1. The molecule has 3 aliphatic rings. The second-order valence-electron chi connectivity index (χ2n) is 8.41. The number of benzene rings is 1. The van der Waals surface area contributed by atoms with Gasteiger partial charge in [0, 0.05) is 11.8 Å². The van der Waals surface area contributed by atoms with Crippen LogP contribution in [-0.2, 0) is 16.1 Å². The Hall–Kier alpha value is -1.72. The number of rotatable bonds is 6. The number of nitrogens with zero attached hydrogens (tertiary/aromatic N) is 2. The number of primary amides is 1. The summed E-state index contributed by atoms with van der Waals surface area (Å²) >= 11 is 1.45. The Balaban J connectivity index is 1.57. The summed E-state index contributed by atoms with van der Waals surface area (Å²) in [6.07, 6.45) is -1.92. The van der Waals surface area contributed by atoms with Crippen molar-refractivity contribution in [2.75, 3.05) is 39.4 Å². The first-order chi connectivity index (χ1) is 14.9. The maximum absolute atomic E-state index is 13.4. The predicted octanol–water partition coefficient (Wildman–Crippen LogP) is -1.39. The van der Waals surface area contributed by atoms with Crippen molar-refractivity contribution < 1.29 is 29.0 Å². The van der Waals surface area contributed by atoms with Gasteiger partial charge in [0.15, 0.2) is 5.17 Å². The number of thioether (sulfide) groups is 1. The number of quaternary nitrogens is 1. The number of amides is 1. The average molecular weight is 454 g/mol. The number of aliphatic hydroxyl groups is 2. The third kappa shape index (κ3) is 5.04. The molecule has 0 bridgehead atoms. The van der Waals surface area contributed by atoms with Crippen LogP contribution in [0.15, 0.2) is 29.3 Å². The molecule has 5 atom stereocenters. The normalized spacial score (nSPS) is 32.9. The first-order valence-corrected chi connectivity index (χ1v) is 11.6. The molecule has 8 nitrogen and oxygen atoms in total. The van der Waals surface area contributed by atoms with Gasteiger partial charge >= 0.3 is 0 Å². The highest BCUT2D eigenvalue weighted by Gasteiger charge is 2.54. The third-order valence-electron chi connectivity index (χ3n) is 6.36. The van der Waals surface area contributed by atoms with Crippen molar-refractivity contribution in [1.82, 2.24) is 4.90 Å². The summed E-state index contributed by atoms with van der Waals surface area (Å²) in [6.45, 7) is 5.30. The Morgan fingerprint density at radius 2 is 2.00 bits per heavy atom. The lowest BCUT2D eigenvalue weighted by Crippen LogP contribution is -3.14. The minimum Gasteiger partial charge on any atom is -0.390 e. The van der Waals surface area contributed by atoms with Crippen LogP contribution in [0.1, 0.15) is 12.0 Å². The fourth-order valence-corrected chi connectivity index (χ4v) is 6.20. The van der Waals surface area contributed by atoms with E-state index in [-0.39, 0.29) is 17.5 Å². The first kappa shape index (κ1) is 22.5. The molecule has 0 radical (unpaired) electrons. The quantitative estimate of drug-likeness (QED) is 0.422. The zero-order chi connectivity index (χ0) is 22.0. The summed E-state index contributed by atoms with van der Waals surface area (Å²) in [4.78, 5) is 20.3. The van der Waals surface area contributed by atoms with E-state index >= 15 is 0 Å². The fourth-order valence-electron chi connectivity index (χ4n) is 4.61. The van der Waals surface area contributed by atoms with Crippen LogP contribution in [-0.4, -0.2) is 89.1 Å². The van der Waals surface area contributed by atoms with Crippen molar-refractivity contribution in [2.24, 2.45) is 16.6 Å². The molecule has 1 amide bonds. The molecule has 0 unspecified atom stereocenters. The Bertz CT molecular complexity index is 805. The van der Waals surface area contributed by atoms with E-state index in [2.05, 4.69) is 0 Å². The van der Waals surface area contributed by atoms with E-state index in [9.17, 15) is 19.4 Å². The van der Waals surface area contributed by atoms with Gasteiger partial charge in [-0.3, -0.25) is 9.79 Å². The number of halogens is 1. The molecule has 0 spiro atoms. The zero-order valence-corrected chi connectivity index (χ0v) is 18.1. The minimum absolute atomic E-state index is 0.139. The third-order valence-corrected chi connectivity index (χ3v) is 7.82. The van der Waals surface area contributed by atoms with E-state index in [0.717, 1.165) is 43.6 Å². The molecule has 4 rings (SSSR count). The number of amidine groups is 1. The highest BCUT2D eigenvalue weighted by molar-refractivity contribution is 8.14. The van der Waals surface area contributed by atoms with Crippen LogP contribution in [0.5, 0.6) is 0 Å². The van der Waals surface area contributed by atoms with Crippen LogP contribution in [0, 0.1) is 11.7 Å². The van der Waals surface area contributed by atoms with E-state index in [1.54, 1.807) is 12.1 Å². The van der Waals surface area contributed by atoms with Crippen molar-refractivity contribution in [1.29, 1.82) is 0 Å². The number of aliphatic imine (C=N–C) groups is 1. The Labute approximate surface area is 185 Å². The molecule has 1 aromatic carbocycles. The number of carbonyl (C=O) groups excluding carboxylic acids is 1.